The van der Waals surface area contributed by atoms with E-state index in [1.165, 1.54) is 11.8 Å². The summed E-state index contributed by atoms with van der Waals surface area (Å²) in [5.41, 5.74) is 1.81. The van der Waals surface area contributed by atoms with Crippen LogP contribution >= 0.6 is 11.8 Å². The number of carbonyl (C=O) groups excluding carboxylic acids is 2. The molecule has 1 aliphatic carbocycles. The molecule has 0 aliphatic heterocycles. The van der Waals surface area contributed by atoms with E-state index in [9.17, 15) is 9.59 Å². The van der Waals surface area contributed by atoms with E-state index in [1.807, 2.05) is 23.6 Å². The Bertz CT molecular complexity index is 1050. The minimum absolute atomic E-state index is 0.137. The maximum absolute atomic E-state index is 12.4. The van der Waals surface area contributed by atoms with Gasteiger partial charge in [0.05, 0.1) is 12.4 Å². The second kappa shape index (κ2) is 9.65. The first-order chi connectivity index (χ1) is 15.1. The summed E-state index contributed by atoms with van der Waals surface area (Å²) in [6.45, 7) is 2.51. The standard InChI is InChI=1S/C22H23N5O3S/c1-2-30-19-11-7-17(8-12-19)25-21(29)15-3-5-16(6-4-15)24-20(28)13-31-22-26-23-14-27(22)18-9-10-18/h3-8,11-12,14,18H,2,9-10,13H2,1H3,(H,24,28)(H,25,29). The molecule has 31 heavy (non-hydrogen) atoms. The van der Waals surface area contributed by atoms with E-state index in [-0.39, 0.29) is 17.6 Å². The molecule has 2 N–H and O–H groups in total. The Labute approximate surface area is 184 Å². The summed E-state index contributed by atoms with van der Waals surface area (Å²) in [6.07, 6.45) is 3.99. The largest absolute Gasteiger partial charge is 0.494 e. The summed E-state index contributed by atoms with van der Waals surface area (Å²) in [5, 5.41) is 14.5. The van der Waals surface area contributed by atoms with E-state index in [1.54, 1.807) is 42.7 Å². The van der Waals surface area contributed by atoms with Gasteiger partial charge in [-0.1, -0.05) is 11.8 Å². The van der Waals surface area contributed by atoms with Crippen molar-refractivity contribution in [2.75, 3.05) is 23.0 Å². The van der Waals surface area contributed by atoms with Gasteiger partial charge in [0.25, 0.3) is 5.91 Å². The van der Waals surface area contributed by atoms with E-state index in [2.05, 4.69) is 20.8 Å². The number of rotatable bonds is 9. The molecule has 0 saturated heterocycles. The first kappa shape index (κ1) is 20.9. The van der Waals surface area contributed by atoms with Gasteiger partial charge in [-0.15, -0.1) is 10.2 Å². The Morgan fingerprint density at radius 1 is 1.06 bits per heavy atom. The summed E-state index contributed by atoms with van der Waals surface area (Å²) < 4.78 is 7.42. The SMILES string of the molecule is CCOc1ccc(NC(=O)c2ccc(NC(=O)CSc3nncn3C3CC3)cc2)cc1. The number of thioether (sulfide) groups is 1. The normalized spacial score (nSPS) is 12.9. The predicted molar refractivity (Wildman–Crippen MR) is 120 cm³/mol. The third-order valence-electron chi connectivity index (χ3n) is 4.67. The maximum atomic E-state index is 12.4. The zero-order valence-corrected chi connectivity index (χ0v) is 17.9. The molecule has 0 spiro atoms. The lowest BCUT2D eigenvalue weighted by Gasteiger charge is -2.09. The van der Waals surface area contributed by atoms with Gasteiger partial charge in [0.15, 0.2) is 5.16 Å². The molecule has 0 radical (unpaired) electrons. The number of benzene rings is 2. The Hall–Kier alpha value is -3.33. The number of hydrogen-bond donors (Lipinski definition) is 2. The number of hydrogen-bond acceptors (Lipinski definition) is 6. The number of ether oxygens (including phenoxy) is 1. The summed E-state index contributed by atoms with van der Waals surface area (Å²) in [4.78, 5) is 24.7. The summed E-state index contributed by atoms with van der Waals surface area (Å²) in [5.74, 6) is 0.635. The number of nitrogens with zero attached hydrogens (tertiary/aromatic N) is 3. The summed E-state index contributed by atoms with van der Waals surface area (Å²) in [6, 6.07) is 14.4. The fraction of sp³-hybridized carbons (Fsp3) is 0.273. The molecule has 0 atom stereocenters. The highest BCUT2D eigenvalue weighted by atomic mass is 32.2. The molecule has 3 aromatic rings. The second-order valence-electron chi connectivity index (χ2n) is 7.08. The van der Waals surface area contributed by atoms with Crippen LogP contribution in [-0.4, -0.2) is 38.9 Å². The molecule has 1 saturated carbocycles. The first-order valence-corrected chi connectivity index (χ1v) is 11.1. The molecule has 0 bridgehead atoms. The molecule has 1 aromatic heterocycles. The lowest BCUT2D eigenvalue weighted by Crippen LogP contribution is -2.15. The molecule has 9 heteroatoms. The minimum Gasteiger partial charge on any atom is -0.494 e. The van der Waals surface area contributed by atoms with Crippen molar-refractivity contribution in [3.05, 3.63) is 60.4 Å². The molecule has 1 fully saturated rings. The smallest absolute Gasteiger partial charge is 0.255 e. The molecule has 1 aliphatic rings. The van der Waals surface area contributed by atoms with Gasteiger partial charge in [0.1, 0.15) is 12.1 Å². The molecule has 0 unspecified atom stereocenters. The fourth-order valence-corrected chi connectivity index (χ4v) is 3.76. The lowest BCUT2D eigenvalue weighted by atomic mass is 10.2. The molecule has 2 amide bonds. The third-order valence-corrected chi connectivity index (χ3v) is 5.62. The van der Waals surface area contributed by atoms with Gasteiger partial charge in [-0.05, 0) is 68.3 Å². The highest BCUT2D eigenvalue weighted by Crippen LogP contribution is 2.37. The van der Waals surface area contributed by atoms with Crippen LogP contribution in [0.15, 0.2) is 60.0 Å². The predicted octanol–water partition coefficient (Wildman–Crippen LogP) is 3.99. The van der Waals surface area contributed by atoms with Gasteiger partial charge in [-0.25, -0.2) is 0 Å². The van der Waals surface area contributed by atoms with Crippen LogP contribution in [0.3, 0.4) is 0 Å². The van der Waals surface area contributed by atoms with Crippen molar-refractivity contribution < 1.29 is 14.3 Å². The quantitative estimate of drug-likeness (QED) is 0.491. The van der Waals surface area contributed by atoms with Crippen molar-refractivity contribution in [2.45, 2.75) is 31.0 Å². The van der Waals surface area contributed by atoms with Gasteiger partial charge in [0, 0.05) is 23.0 Å². The average molecular weight is 438 g/mol. The molecule has 4 rings (SSSR count). The number of carbonyl (C=O) groups is 2. The minimum atomic E-state index is -0.225. The number of anilines is 2. The highest BCUT2D eigenvalue weighted by Gasteiger charge is 2.26. The zero-order chi connectivity index (χ0) is 21.6. The highest BCUT2D eigenvalue weighted by molar-refractivity contribution is 7.99. The van der Waals surface area contributed by atoms with Gasteiger partial charge in [-0.3, -0.25) is 9.59 Å². The number of amides is 2. The van der Waals surface area contributed by atoms with Gasteiger partial charge in [0.2, 0.25) is 5.91 Å². The molecular weight excluding hydrogens is 414 g/mol. The molecular formula is C22H23N5O3S. The lowest BCUT2D eigenvalue weighted by molar-refractivity contribution is -0.113. The fourth-order valence-electron chi connectivity index (χ4n) is 2.97. The zero-order valence-electron chi connectivity index (χ0n) is 17.1. The van der Waals surface area contributed by atoms with E-state index in [4.69, 9.17) is 4.74 Å². The summed E-state index contributed by atoms with van der Waals surface area (Å²) >= 11 is 1.37. The van der Waals surface area contributed by atoms with E-state index >= 15 is 0 Å². The van der Waals surface area contributed by atoms with Crippen LogP contribution in [0, 0.1) is 0 Å². The van der Waals surface area contributed by atoms with Gasteiger partial charge >= 0.3 is 0 Å². The van der Waals surface area contributed by atoms with E-state index in [0.717, 1.165) is 23.7 Å². The Morgan fingerprint density at radius 2 is 1.74 bits per heavy atom. The maximum Gasteiger partial charge on any atom is 0.255 e. The van der Waals surface area contributed by atoms with Crippen LogP contribution in [-0.2, 0) is 4.79 Å². The van der Waals surface area contributed by atoms with Crippen molar-refractivity contribution in [3.63, 3.8) is 0 Å². The molecule has 2 aromatic carbocycles. The number of nitrogens with one attached hydrogen (secondary N) is 2. The number of aromatic nitrogens is 3. The van der Waals surface area contributed by atoms with E-state index < -0.39 is 0 Å². The Balaban J connectivity index is 1.27. The third kappa shape index (κ3) is 5.64. The topological polar surface area (TPSA) is 98.1 Å². The van der Waals surface area contributed by atoms with Crippen molar-refractivity contribution >= 4 is 35.0 Å². The van der Waals surface area contributed by atoms with Crippen LogP contribution < -0.4 is 15.4 Å². The van der Waals surface area contributed by atoms with Crippen molar-refractivity contribution in [1.29, 1.82) is 0 Å². The summed E-state index contributed by atoms with van der Waals surface area (Å²) in [7, 11) is 0. The van der Waals surface area contributed by atoms with Gasteiger partial charge < -0.3 is 19.9 Å². The van der Waals surface area contributed by atoms with E-state index in [0.29, 0.717) is 29.6 Å². The van der Waals surface area contributed by atoms with Crippen molar-refractivity contribution in [3.8, 4) is 5.75 Å². The van der Waals surface area contributed by atoms with Gasteiger partial charge in [-0.2, -0.15) is 0 Å². The van der Waals surface area contributed by atoms with Crippen LogP contribution in [0.5, 0.6) is 5.75 Å². The van der Waals surface area contributed by atoms with Crippen LogP contribution in [0.4, 0.5) is 11.4 Å². The van der Waals surface area contributed by atoms with Crippen LogP contribution in [0.25, 0.3) is 0 Å². The Morgan fingerprint density at radius 3 is 2.42 bits per heavy atom. The monoisotopic (exact) mass is 437 g/mol. The molecule has 160 valence electrons. The first-order valence-electron chi connectivity index (χ1n) is 10.1. The second-order valence-corrected chi connectivity index (χ2v) is 8.02. The van der Waals surface area contributed by atoms with Crippen LogP contribution in [0.2, 0.25) is 0 Å². The average Bonchev–Trinajstić information content (AvgIpc) is 3.52. The van der Waals surface area contributed by atoms with Crippen molar-refractivity contribution in [1.82, 2.24) is 14.8 Å². The van der Waals surface area contributed by atoms with Crippen LogP contribution in [0.1, 0.15) is 36.2 Å². The van der Waals surface area contributed by atoms with Crippen molar-refractivity contribution in [2.24, 2.45) is 0 Å². The molecule has 8 nitrogen and oxygen atoms in total. The Kier molecular flexibility index (Phi) is 6.51. The molecule has 1 heterocycles.